The molecular weight excluding hydrogens is 294 g/mol. The number of nitrogens with one attached hydrogen (secondary N) is 1. The van der Waals surface area contributed by atoms with Crippen molar-refractivity contribution >= 4 is 5.97 Å². The van der Waals surface area contributed by atoms with Crippen LogP contribution in [0, 0.1) is 0 Å². The molecule has 0 heterocycles. The Morgan fingerprint density at radius 2 is 1.96 bits per heavy atom. The summed E-state index contributed by atoms with van der Waals surface area (Å²) in [5, 5.41) is 14.1. The highest BCUT2D eigenvalue weighted by atomic mass is 16.5. The van der Waals surface area contributed by atoms with Gasteiger partial charge in [0, 0.05) is 17.2 Å². The fraction of sp³-hybridized carbons (Fsp3) is 0.833. The van der Waals surface area contributed by atoms with Crippen molar-refractivity contribution in [2.45, 2.75) is 90.7 Å². The fourth-order valence-electron chi connectivity index (χ4n) is 2.84. The second-order valence-electron chi connectivity index (χ2n) is 7.15. The molecule has 0 saturated carbocycles. The molecular formula is C18H33NO4. The molecule has 0 radical (unpaired) electrons. The summed E-state index contributed by atoms with van der Waals surface area (Å²) in [5.74, 6) is -0.321. The number of rotatable bonds is 7. The van der Waals surface area contributed by atoms with E-state index in [0.717, 1.165) is 12.8 Å². The predicted molar refractivity (Wildman–Crippen MR) is 91.3 cm³/mol. The largest absolute Gasteiger partial charge is 0.463 e. The van der Waals surface area contributed by atoms with Crippen molar-refractivity contribution in [3.8, 4) is 0 Å². The summed E-state index contributed by atoms with van der Waals surface area (Å²) in [6, 6.07) is -0.237. The normalized spacial score (nSPS) is 25.4. The van der Waals surface area contributed by atoms with E-state index in [2.05, 4.69) is 19.2 Å². The molecule has 5 nitrogen and oxygen atoms in total. The summed E-state index contributed by atoms with van der Waals surface area (Å²) in [6.07, 6.45) is 2.82. The van der Waals surface area contributed by atoms with Gasteiger partial charge in [-0.1, -0.05) is 13.8 Å². The van der Waals surface area contributed by atoms with E-state index in [4.69, 9.17) is 9.47 Å². The van der Waals surface area contributed by atoms with Crippen LogP contribution in [-0.4, -0.2) is 47.6 Å². The van der Waals surface area contributed by atoms with Crippen molar-refractivity contribution in [2.24, 2.45) is 0 Å². The third-order valence-corrected chi connectivity index (χ3v) is 3.97. The van der Waals surface area contributed by atoms with Crippen LogP contribution in [0.1, 0.15) is 60.8 Å². The van der Waals surface area contributed by atoms with Crippen molar-refractivity contribution in [3.05, 3.63) is 11.6 Å². The minimum atomic E-state index is -0.687. The Balaban J connectivity index is 2.98. The summed E-state index contributed by atoms with van der Waals surface area (Å²) in [6.45, 7) is 12.4. The van der Waals surface area contributed by atoms with Crippen LogP contribution in [0.4, 0.5) is 0 Å². The molecule has 1 rings (SSSR count). The Kier molecular flexibility index (Phi) is 7.71. The van der Waals surface area contributed by atoms with E-state index < -0.39 is 12.2 Å². The van der Waals surface area contributed by atoms with E-state index in [1.54, 1.807) is 13.0 Å². The zero-order valence-electron chi connectivity index (χ0n) is 15.4. The van der Waals surface area contributed by atoms with E-state index in [1.165, 1.54) is 0 Å². The van der Waals surface area contributed by atoms with Gasteiger partial charge in [0.05, 0.1) is 18.8 Å². The van der Waals surface area contributed by atoms with Crippen molar-refractivity contribution in [3.63, 3.8) is 0 Å². The summed E-state index contributed by atoms with van der Waals surface area (Å²) in [7, 11) is 0. The lowest BCUT2D eigenvalue weighted by atomic mass is 9.88. The maximum Gasteiger partial charge on any atom is 0.333 e. The van der Waals surface area contributed by atoms with Crippen LogP contribution in [0.2, 0.25) is 0 Å². The third-order valence-electron chi connectivity index (χ3n) is 3.97. The zero-order valence-corrected chi connectivity index (χ0v) is 15.4. The fourth-order valence-corrected chi connectivity index (χ4v) is 2.84. The highest BCUT2D eigenvalue weighted by Gasteiger charge is 2.37. The smallest absolute Gasteiger partial charge is 0.333 e. The number of aliphatic hydroxyl groups is 1. The molecule has 0 amide bonds. The molecule has 0 aromatic heterocycles. The topological polar surface area (TPSA) is 67.8 Å². The van der Waals surface area contributed by atoms with Crippen molar-refractivity contribution in [1.29, 1.82) is 0 Å². The van der Waals surface area contributed by atoms with Gasteiger partial charge in [-0.2, -0.15) is 0 Å². The van der Waals surface area contributed by atoms with Crippen molar-refractivity contribution in [2.75, 3.05) is 6.61 Å². The van der Waals surface area contributed by atoms with E-state index in [0.29, 0.717) is 18.6 Å². The van der Waals surface area contributed by atoms with E-state index in [1.807, 2.05) is 20.8 Å². The predicted octanol–water partition coefficient (Wildman–Crippen LogP) is 2.57. The molecule has 0 bridgehead atoms. The van der Waals surface area contributed by atoms with Gasteiger partial charge in [-0.3, -0.25) is 0 Å². The third kappa shape index (κ3) is 6.24. The zero-order chi connectivity index (χ0) is 17.6. The number of carbonyl (C=O) groups is 1. The minimum absolute atomic E-state index is 0.0720. The number of hydrogen-bond acceptors (Lipinski definition) is 5. The highest BCUT2D eigenvalue weighted by molar-refractivity contribution is 5.89. The molecule has 0 spiro atoms. The Bertz CT molecular complexity index is 410. The van der Waals surface area contributed by atoms with Gasteiger partial charge in [-0.05, 0) is 53.0 Å². The first-order valence-corrected chi connectivity index (χ1v) is 8.70. The standard InChI is InChI=1S/C18H33NO4/c1-7-13(8-2)23-15-11-12(17(21)22-9-3)10-14(16(15)20)19-18(4,5)6/h11,13-16,19-20H,7-10H2,1-6H3/t14-,15+,16-/m1/s1. The van der Waals surface area contributed by atoms with Crippen molar-refractivity contribution < 1.29 is 19.4 Å². The summed E-state index contributed by atoms with van der Waals surface area (Å²) in [5.41, 5.74) is 0.414. The number of aliphatic hydroxyl groups excluding tert-OH is 1. The van der Waals surface area contributed by atoms with Crippen LogP contribution in [-0.2, 0) is 14.3 Å². The van der Waals surface area contributed by atoms with Gasteiger partial charge in [-0.15, -0.1) is 0 Å². The van der Waals surface area contributed by atoms with Crippen LogP contribution in [0.3, 0.4) is 0 Å². The molecule has 0 aromatic carbocycles. The Labute approximate surface area is 140 Å². The quantitative estimate of drug-likeness (QED) is 0.704. The van der Waals surface area contributed by atoms with E-state index >= 15 is 0 Å². The molecule has 0 fully saturated rings. The van der Waals surface area contributed by atoms with Gasteiger partial charge >= 0.3 is 5.97 Å². The van der Waals surface area contributed by atoms with E-state index in [-0.39, 0.29) is 23.7 Å². The van der Waals surface area contributed by atoms with Gasteiger partial charge < -0.3 is 19.9 Å². The average Bonchev–Trinajstić information content (AvgIpc) is 2.46. The van der Waals surface area contributed by atoms with Crippen LogP contribution >= 0.6 is 0 Å². The molecule has 0 aliphatic heterocycles. The molecule has 0 saturated heterocycles. The Hall–Kier alpha value is -0.910. The summed E-state index contributed by atoms with van der Waals surface area (Å²) in [4.78, 5) is 12.1. The van der Waals surface area contributed by atoms with Crippen LogP contribution in [0.5, 0.6) is 0 Å². The number of esters is 1. The molecule has 1 aliphatic rings. The molecule has 3 atom stereocenters. The van der Waals surface area contributed by atoms with Gasteiger partial charge in [0.2, 0.25) is 0 Å². The van der Waals surface area contributed by atoms with E-state index in [9.17, 15) is 9.90 Å². The molecule has 5 heteroatoms. The molecule has 0 unspecified atom stereocenters. The highest BCUT2D eigenvalue weighted by Crippen LogP contribution is 2.26. The second-order valence-corrected chi connectivity index (χ2v) is 7.15. The van der Waals surface area contributed by atoms with Crippen LogP contribution in [0.15, 0.2) is 11.6 Å². The Morgan fingerprint density at radius 3 is 2.43 bits per heavy atom. The SMILES string of the molecule is CCOC(=O)C1=C[C@H](OC(CC)CC)[C@H](O)[C@H](NC(C)(C)C)C1. The molecule has 23 heavy (non-hydrogen) atoms. The molecule has 2 N–H and O–H groups in total. The number of ether oxygens (including phenoxy) is 2. The first-order valence-electron chi connectivity index (χ1n) is 8.70. The number of carbonyl (C=O) groups excluding carboxylic acids is 1. The maximum absolute atomic E-state index is 12.1. The molecule has 0 aromatic rings. The van der Waals surface area contributed by atoms with Crippen LogP contribution < -0.4 is 5.32 Å². The molecule has 1 aliphatic carbocycles. The first kappa shape index (κ1) is 20.1. The lowest BCUT2D eigenvalue weighted by Gasteiger charge is -2.38. The number of hydrogen-bond donors (Lipinski definition) is 2. The van der Waals surface area contributed by atoms with Gasteiger partial charge in [0.25, 0.3) is 0 Å². The maximum atomic E-state index is 12.1. The van der Waals surface area contributed by atoms with Gasteiger partial charge in [0.1, 0.15) is 6.10 Å². The minimum Gasteiger partial charge on any atom is -0.463 e. The lowest BCUT2D eigenvalue weighted by molar-refractivity contribution is -0.139. The van der Waals surface area contributed by atoms with Crippen molar-refractivity contribution in [1.82, 2.24) is 5.32 Å². The molecule has 134 valence electrons. The summed E-state index contributed by atoms with van der Waals surface area (Å²) < 4.78 is 11.2. The monoisotopic (exact) mass is 327 g/mol. The lowest BCUT2D eigenvalue weighted by Crippen LogP contribution is -2.55. The van der Waals surface area contributed by atoms with Crippen LogP contribution in [0.25, 0.3) is 0 Å². The first-order chi connectivity index (χ1) is 10.7. The Morgan fingerprint density at radius 1 is 1.35 bits per heavy atom. The summed E-state index contributed by atoms with van der Waals surface area (Å²) >= 11 is 0. The second kappa shape index (κ2) is 8.81. The van der Waals surface area contributed by atoms with Gasteiger partial charge in [0.15, 0.2) is 0 Å². The average molecular weight is 327 g/mol. The van der Waals surface area contributed by atoms with Gasteiger partial charge in [-0.25, -0.2) is 4.79 Å².